The maximum Gasteiger partial charge on any atom is 0.336 e. The lowest BCUT2D eigenvalue weighted by molar-refractivity contribution is -0.128. The van der Waals surface area contributed by atoms with Gasteiger partial charge in [0.15, 0.2) is 0 Å². The highest BCUT2D eigenvalue weighted by Crippen LogP contribution is 2.21. The molecule has 0 bridgehead atoms. The Hall–Kier alpha value is -3.33. The zero-order valence-electron chi connectivity index (χ0n) is 14.8. The van der Waals surface area contributed by atoms with Crippen molar-refractivity contribution in [2.45, 2.75) is 6.92 Å². The van der Waals surface area contributed by atoms with E-state index in [1.807, 2.05) is 30.3 Å². The van der Waals surface area contributed by atoms with E-state index in [0.717, 1.165) is 11.1 Å². The summed E-state index contributed by atoms with van der Waals surface area (Å²) in [5.74, 6) is 0.780. The number of esters is 1. The molecule has 26 heavy (non-hydrogen) atoms. The van der Waals surface area contributed by atoms with Crippen LogP contribution in [0.25, 0.3) is 17.2 Å². The molecule has 3 heteroatoms. The van der Waals surface area contributed by atoms with Crippen molar-refractivity contribution in [3.8, 4) is 22.6 Å². The fraction of sp³-hybridized carbons (Fsp3) is 0.0870. The van der Waals surface area contributed by atoms with Gasteiger partial charge in [-0.2, -0.15) is 0 Å². The summed E-state index contributed by atoms with van der Waals surface area (Å²) in [6, 6.07) is 23.3. The van der Waals surface area contributed by atoms with Crippen molar-refractivity contribution in [2.75, 3.05) is 7.11 Å². The normalized spacial score (nSPS) is 10.7. The first-order chi connectivity index (χ1) is 12.6. The Balaban J connectivity index is 1.63. The predicted octanol–water partition coefficient (Wildman–Crippen LogP) is 5.29. The average molecular weight is 344 g/mol. The van der Waals surface area contributed by atoms with Gasteiger partial charge in [0.05, 0.1) is 7.11 Å². The van der Waals surface area contributed by atoms with Crippen LogP contribution in [0, 0.1) is 6.92 Å². The molecule has 0 saturated carbocycles. The smallest absolute Gasteiger partial charge is 0.336 e. The largest absolute Gasteiger partial charge is 0.497 e. The third-order valence-electron chi connectivity index (χ3n) is 3.95. The quantitative estimate of drug-likeness (QED) is 0.358. The van der Waals surface area contributed by atoms with E-state index in [-0.39, 0.29) is 0 Å². The van der Waals surface area contributed by atoms with Crippen molar-refractivity contribution in [3.05, 3.63) is 90.0 Å². The Labute approximate surface area is 153 Å². The summed E-state index contributed by atoms with van der Waals surface area (Å²) in [5.41, 5.74) is 4.49. The van der Waals surface area contributed by atoms with Gasteiger partial charge in [0.2, 0.25) is 0 Å². The molecule has 0 radical (unpaired) electrons. The topological polar surface area (TPSA) is 35.5 Å². The maximum absolute atomic E-state index is 11.9. The van der Waals surface area contributed by atoms with Gasteiger partial charge >= 0.3 is 5.97 Å². The van der Waals surface area contributed by atoms with Gasteiger partial charge in [-0.05, 0) is 54.0 Å². The fourth-order valence-corrected chi connectivity index (χ4v) is 2.57. The molecular formula is C23H20O3. The summed E-state index contributed by atoms with van der Waals surface area (Å²) in [5, 5.41) is 0. The van der Waals surface area contributed by atoms with Gasteiger partial charge in [0.25, 0.3) is 0 Å². The van der Waals surface area contributed by atoms with Gasteiger partial charge in [0.1, 0.15) is 11.5 Å². The van der Waals surface area contributed by atoms with Gasteiger partial charge in [-0.1, -0.05) is 54.1 Å². The molecule has 0 unspecified atom stereocenters. The Kier molecular flexibility index (Phi) is 5.49. The lowest BCUT2D eigenvalue weighted by atomic mass is 10.0. The summed E-state index contributed by atoms with van der Waals surface area (Å²) in [7, 11) is 1.59. The van der Waals surface area contributed by atoms with E-state index in [2.05, 4.69) is 25.1 Å². The van der Waals surface area contributed by atoms with Crippen molar-refractivity contribution >= 4 is 12.0 Å². The molecule has 3 nitrogen and oxygen atoms in total. The van der Waals surface area contributed by atoms with Gasteiger partial charge in [0, 0.05) is 6.08 Å². The van der Waals surface area contributed by atoms with Gasteiger partial charge in [-0.15, -0.1) is 0 Å². The predicted molar refractivity (Wildman–Crippen MR) is 104 cm³/mol. The first-order valence-corrected chi connectivity index (χ1v) is 8.35. The van der Waals surface area contributed by atoms with Gasteiger partial charge in [-0.25, -0.2) is 4.79 Å². The molecular weight excluding hydrogens is 324 g/mol. The molecule has 3 aromatic rings. The molecule has 3 aromatic carbocycles. The Morgan fingerprint density at radius 3 is 2.19 bits per heavy atom. The lowest BCUT2D eigenvalue weighted by Gasteiger charge is -2.04. The first-order valence-electron chi connectivity index (χ1n) is 8.35. The molecule has 130 valence electrons. The molecule has 0 aliphatic heterocycles. The highest BCUT2D eigenvalue weighted by atomic mass is 16.5. The number of hydrogen-bond donors (Lipinski definition) is 0. The van der Waals surface area contributed by atoms with Crippen LogP contribution in [0.15, 0.2) is 78.9 Å². The molecule has 0 aromatic heterocycles. The van der Waals surface area contributed by atoms with Crippen LogP contribution in [0.1, 0.15) is 11.1 Å². The standard InChI is InChI=1S/C23H20O3/c1-17-4-3-5-20(16-17)19-9-6-18(7-10-19)8-15-23(24)26-22-13-11-21(25-2)12-14-22/h3-16H,1-2H3/b15-8+. The minimum absolute atomic E-state index is 0.419. The number of aryl methyl sites for hydroxylation is 1. The van der Waals surface area contributed by atoms with Crippen LogP contribution in [0.3, 0.4) is 0 Å². The van der Waals surface area contributed by atoms with E-state index < -0.39 is 5.97 Å². The number of methoxy groups -OCH3 is 1. The Bertz CT molecular complexity index is 907. The number of benzene rings is 3. The number of ether oxygens (including phenoxy) is 2. The SMILES string of the molecule is COc1ccc(OC(=O)/C=C/c2ccc(-c3cccc(C)c3)cc2)cc1. The second-order valence-electron chi connectivity index (χ2n) is 5.92. The van der Waals surface area contributed by atoms with Crippen molar-refractivity contribution in [2.24, 2.45) is 0 Å². The van der Waals surface area contributed by atoms with Crippen LogP contribution >= 0.6 is 0 Å². The van der Waals surface area contributed by atoms with Gasteiger partial charge in [-0.3, -0.25) is 0 Å². The van der Waals surface area contributed by atoms with Crippen molar-refractivity contribution < 1.29 is 14.3 Å². The summed E-state index contributed by atoms with van der Waals surface area (Å²) in [6.07, 6.45) is 3.16. The third kappa shape index (κ3) is 4.61. The number of hydrogen-bond acceptors (Lipinski definition) is 3. The van der Waals surface area contributed by atoms with Gasteiger partial charge < -0.3 is 9.47 Å². The zero-order valence-corrected chi connectivity index (χ0v) is 14.8. The summed E-state index contributed by atoms with van der Waals surface area (Å²) < 4.78 is 10.3. The van der Waals surface area contributed by atoms with Crippen LogP contribution < -0.4 is 9.47 Å². The van der Waals surface area contributed by atoms with Crippen LogP contribution in [0.4, 0.5) is 0 Å². The second kappa shape index (κ2) is 8.17. The molecule has 0 heterocycles. The summed E-state index contributed by atoms with van der Waals surface area (Å²) >= 11 is 0. The fourth-order valence-electron chi connectivity index (χ4n) is 2.57. The van der Waals surface area contributed by atoms with Crippen LogP contribution in [-0.4, -0.2) is 13.1 Å². The minimum Gasteiger partial charge on any atom is -0.497 e. The van der Waals surface area contributed by atoms with E-state index >= 15 is 0 Å². The summed E-state index contributed by atoms with van der Waals surface area (Å²) in [4.78, 5) is 11.9. The molecule has 0 fully saturated rings. The average Bonchev–Trinajstić information content (AvgIpc) is 2.67. The molecule has 0 spiro atoms. The van der Waals surface area contributed by atoms with E-state index in [1.54, 1.807) is 37.5 Å². The van der Waals surface area contributed by atoms with Crippen molar-refractivity contribution in [1.82, 2.24) is 0 Å². The van der Waals surface area contributed by atoms with E-state index in [1.165, 1.54) is 17.2 Å². The molecule has 3 rings (SSSR count). The van der Waals surface area contributed by atoms with E-state index in [0.29, 0.717) is 11.5 Å². The number of carbonyl (C=O) groups is 1. The molecule has 0 atom stereocenters. The van der Waals surface area contributed by atoms with Crippen LogP contribution in [-0.2, 0) is 4.79 Å². The molecule has 0 saturated heterocycles. The minimum atomic E-state index is -0.419. The molecule has 0 amide bonds. The number of carbonyl (C=O) groups excluding carboxylic acids is 1. The van der Waals surface area contributed by atoms with Crippen molar-refractivity contribution in [3.63, 3.8) is 0 Å². The van der Waals surface area contributed by atoms with Crippen LogP contribution in [0.2, 0.25) is 0 Å². The maximum atomic E-state index is 11.9. The first kappa shape index (κ1) is 17.5. The second-order valence-corrected chi connectivity index (χ2v) is 5.92. The third-order valence-corrected chi connectivity index (χ3v) is 3.95. The highest BCUT2D eigenvalue weighted by molar-refractivity contribution is 5.88. The van der Waals surface area contributed by atoms with E-state index in [9.17, 15) is 4.79 Å². The molecule has 0 N–H and O–H groups in total. The molecule has 0 aliphatic carbocycles. The molecule has 0 aliphatic rings. The highest BCUT2D eigenvalue weighted by Gasteiger charge is 2.02. The monoisotopic (exact) mass is 344 g/mol. The lowest BCUT2D eigenvalue weighted by Crippen LogP contribution is -2.03. The Morgan fingerprint density at radius 2 is 1.54 bits per heavy atom. The van der Waals surface area contributed by atoms with Crippen molar-refractivity contribution in [1.29, 1.82) is 0 Å². The van der Waals surface area contributed by atoms with E-state index in [4.69, 9.17) is 9.47 Å². The summed E-state index contributed by atoms with van der Waals surface area (Å²) in [6.45, 7) is 2.08. The van der Waals surface area contributed by atoms with Crippen LogP contribution in [0.5, 0.6) is 11.5 Å². The Morgan fingerprint density at radius 1 is 0.846 bits per heavy atom. The zero-order chi connectivity index (χ0) is 18.4. The number of rotatable bonds is 5.